The topological polar surface area (TPSA) is 64.4 Å². The van der Waals surface area contributed by atoms with Gasteiger partial charge in [0.1, 0.15) is 0 Å². The molecule has 0 saturated carbocycles. The second-order valence-corrected chi connectivity index (χ2v) is 5.37. The van der Waals surface area contributed by atoms with Crippen molar-refractivity contribution < 1.29 is 27.2 Å². The smallest absolute Gasteiger partial charge is 0.404 e. The molecule has 0 atom stereocenters. The molecule has 3 aromatic rings. The molecule has 1 N–H and O–H groups in total. The molecule has 0 saturated heterocycles. The summed E-state index contributed by atoms with van der Waals surface area (Å²) in [4.78, 5) is 12.1. The maximum Gasteiger partial charge on any atom is 0.417 e. The Morgan fingerprint density at radius 2 is 1.73 bits per heavy atom. The Morgan fingerprint density at radius 1 is 1.08 bits per heavy atom. The summed E-state index contributed by atoms with van der Waals surface area (Å²) in [5, 5.41) is 6.25. The van der Waals surface area contributed by atoms with Crippen molar-refractivity contribution in [2.24, 2.45) is 0 Å². The van der Waals surface area contributed by atoms with Crippen LogP contribution in [-0.4, -0.2) is 11.2 Å². The summed E-state index contributed by atoms with van der Waals surface area (Å²) in [5.74, 6) is 0.437. The number of amides is 1. The maximum absolute atomic E-state index is 12.6. The summed E-state index contributed by atoms with van der Waals surface area (Å²) in [6, 6.07) is 13.0. The molecule has 0 spiro atoms. The molecular weight excluding hydrogens is 349 g/mol. The van der Waals surface area contributed by atoms with Crippen LogP contribution in [0, 0.1) is 6.92 Å². The van der Waals surface area contributed by atoms with Gasteiger partial charge in [-0.05, 0) is 24.3 Å². The molecule has 0 fully saturated rings. The minimum Gasteiger partial charge on any atom is -0.404 e. The molecule has 26 heavy (non-hydrogen) atoms. The van der Waals surface area contributed by atoms with Gasteiger partial charge in [0, 0.05) is 18.2 Å². The fourth-order valence-electron chi connectivity index (χ4n) is 2.24. The lowest BCUT2D eigenvalue weighted by molar-refractivity contribution is -0.137. The molecular formula is C18H13F3N2O3. The number of anilines is 1. The van der Waals surface area contributed by atoms with E-state index in [0.29, 0.717) is 17.0 Å². The van der Waals surface area contributed by atoms with E-state index in [-0.39, 0.29) is 11.4 Å². The molecule has 134 valence electrons. The van der Waals surface area contributed by atoms with Crippen LogP contribution in [0.1, 0.15) is 11.3 Å². The Hall–Kier alpha value is -3.29. The Balaban J connectivity index is 1.74. The monoisotopic (exact) mass is 362 g/mol. The van der Waals surface area contributed by atoms with Gasteiger partial charge in [0.15, 0.2) is 11.5 Å². The number of aryl methyl sites for hydroxylation is 1. The first-order valence-corrected chi connectivity index (χ1v) is 7.52. The molecule has 5 nitrogen and oxygen atoms in total. The van der Waals surface area contributed by atoms with Crippen LogP contribution >= 0.6 is 0 Å². The van der Waals surface area contributed by atoms with Crippen molar-refractivity contribution in [2.75, 3.05) is 5.32 Å². The molecule has 1 heterocycles. The highest BCUT2D eigenvalue weighted by atomic mass is 19.4. The molecule has 0 aliphatic rings. The minimum atomic E-state index is -4.44. The fraction of sp³-hybridized carbons (Fsp3) is 0.111. The third kappa shape index (κ3) is 3.85. The van der Waals surface area contributed by atoms with E-state index in [1.807, 2.05) is 6.07 Å². The Labute approximate surface area is 146 Å². The van der Waals surface area contributed by atoms with Crippen LogP contribution < -0.4 is 10.1 Å². The molecule has 3 rings (SSSR count). The van der Waals surface area contributed by atoms with Crippen LogP contribution in [0.15, 0.2) is 59.1 Å². The average molecular weight is 362 g/mol. The number of benzene rings is 2. The molecule has 0 aliphatic heterocycles. The summed E-state index contributed by atoms with van der Waals surface area (Å²) in [6.07, 6.45) is -5.31. The molecule has 2 aromatic carbocycles. The van der Waals surface area contributed by atoms with Crippen molar-refractivity contribution in [3.63, 3.8) is 0 Å². The second-order valence-electron chi connectivity index (χ2n) is 5.37. The predicted octanol–water partition coefficient (Wildman–Crippen LogP) is 5.28. The van der Waals surface area contributed by atoms with Gasteiger partial charge in [-0.2, -0.15) is 13.2 Å². The number of halogens is 3. The van der Waals surface area contributed by atoms with Gasteiger partial charge in [0.2, 0.25) is 5.75 Å². The number of carbonyl (C=O) groups excluding carboxylic acids is 1. The van der Waals surface area contributed by atoms with Gasteiger partial charge in [-0.15, -0.1) is 0 Å². The summed E-state index contributed by atoms with van der Waals surface area (Å²) < 4.78 is 48.0. The van der Waals surface area contributed by atoms with Crippen LogP contribution in [-0.2, 0) is 6.18 Å². The number of nitrogens with one attached hydrogen (secondary N) is 1. The van der Waals surface area contributed by atoms with Crippen LogP contribution in [0.4, 0.5) is 23.7 Å². The third-order valence-corrected chi connectivity index (χ3v) is 3.51. The van der Waals surface area contributed by atoms with Crippen LogP contribution in [0.3, 0.4) is 0 Å². The normalized spacial score (nSPS) is 11.2. The van der Waals surface area contributed by atoms with Gasteiger partial charge in [-0.25, -0.2) is 4.79 Å². The molecule has 0 radical (unpaired) electrons. The van der Waals surface area contributed by atoms with Crippen LogP contribution in [0.2, 0.25) is 0 Å². The summed E-state index contributed by atoms with van der Waals surface area (Å²) in [7, 11) is 0. The van der Waals surface area contributed by atoms with E-state index < -0.39 is 17.8 Å². The van der Waals surface area contributed by atoms with Crippen molar-refractivity contribution >= 4 is 11.8 Å². The van der Waals surface area contributed by atoms with Crippen LogP contribution in [0.25, 0.3) is 11.3 Å². The van der Waals surface area contributed by atoms with Gasteiger partial charge in [-0.1, -0.05) is 35.5 Å². The average Bonchev–Trinajstić information content (AvgIpc) is 2.96. The van der Waals surface area contributed by atoms with E-state index in [2.05, 4.69) is 10.5 Å². The Bertz CT molecular complexity index is 904. The van der Waals surface area contributed by atoms with Gasteiger partial charge in [0.25, 0.3) is 0 Å². The summed E-state index contributed by atoms with van der Waals surface area (Å²) in [5.41, 5.74) is 0.406. The predicted molar refractivity (Wildman–Crippen MR) is 87.8 cm³/mol. The first-order chi connectivity index (χ1) is 12.3. The molecule has 8 heteroatoms. The SMILES string of the molecule is Cc1onc(-c2ccccc2)c1OC(=O)Nc1ccc(C(F)(F)F)cc1. The molecule has 1 aromatic heterocycles. The quantitative estimate of drug-likeness (QED) is 0.688. The van der Waals surface area contributed by atoms with Crippen molar-refractivity contribution in [1.29, 1.82) is 0 Å². The lowest BCUT2D eigenvalue weighted by atomic mass is 10.1. The zero-order valence-electron chi connectivity index (χ0n) is 13.5. The van der Waals surface area contributed by atoms with E-state index in [0.717, 1.165) is 24.3 Å². The van der Waals surface area contributed by atoms with Gasteiger partial charge in [0.05, 0.1) is 5.56 Å². The lowest BCUT2D eigenvalue weighted by Crippen LogP contribution is -2.17. The number of aromatic nitrogens is 1. The van der Waals surface area contributed by atoms with Gasteiger partial charge < -0.3 is 9.26 Å². The molecule has 0 bridgehead atoms. The van der Waals surface area contributed by atoms with Gasteiger partial charge >= 0.3 is 12.3 Å². The van der Waals surface area contributed by atoms with Crippen molar-refractivity contribution in [3.05, 3.63) is 65.9 Å². The first-order valence-electron chi connectivity index (χ1n) is 7.52. The van der Waals surface area contributed by atoms with E-state index >= 15 is 0 Å². The fourth-order valence-corrected chi connectivity index (χ4v) is 2.24. The van der Waals surface area contributed by atoms with E-state index in [1.54, 1.807) is 31.2 Å². The summed E-state index contributed by atoms with van der Waals surface area (Å²) in [6.45, 7) is 1.58. The number of nitrogens with zero attached hydrogens (tertiary/aromatic N) is 1. The van der Waals surface area contributed by atoms with E-state index in [9.17, 15) is 18.0 Å². The second kappa shape index (κ2) is 6.91. The highest BCUT2D eigenvalue weighted by Crippen LogP contribution is 2.33. The third-order valence-electron chi connectivity index (χ3n) is 3.51. The summed E-state index contributed by atoms with van der Waals surface area (Å²) >= 11 is 0. The standard InChI is InChI=1S/C18H13F3N2O3/c1-11-16(15(23-26-11)12-5-3-2-4-6-12)25-17(24)22-14-9-7-13(8-10-14)18(19,20)21/h2-10H,1H3,(H,22,24). The van der Waals surface area contributed by atoms with Crippen molar-refractivity contribution in [3.8, 4) is 17.0 Å². The first kappa shape index (κ1) is 17.5. The molecule has 0 unspecified atom stereocenters. The highest BCUT2D eigenvalue weighted by molar-refractivity contribution is 5.87. The number of hydrogen-bond acceptors (Lipinski definition) is 4. The number of hydrogen-bond donors (Lipinski definition) is 1. The zero-order valence-corrected chi connectivity index (χ0v) is 13.5. The zero-order chi connectivity index (χ0) is 18.7. The maximum atomic E-state index is 12.6. The number of carbonyl (C=O) groups is 1. The highest BCUT2D eigenvalue weighted by Gasteiger charge is 2.30. The number of alkyl halides is 3. The van der Waals surface area contributed by atoms with Crippen LogP contribution in [0.5, 0.6) is 5.75 Å². The Kier molecular flexibility index (Phi) is 4.66. The van der Waals surface area contributed by atoms with E-state index in [1.165, 1.54) is 0 Å². The largest absolute Gasteiger partial charge is 0.417 e. The molecule has 0 aliphatic carbocycles. The Morgan fingerprint density at radius 3 is 2.35 bits per heavy atom. The number of rotatable bonds is 3. The minimum absolute atomic E-state index is 0.139. The van der Waals surface area contributed by atoms with Gasteiger partial charge in [-0.3, -0.25) is 5.32 Å². The number of ether oxygens (including phenoxy) is 1. The van der Waals surface area contributed by atoms with Crippen molar-refractivity contribution in [2.45, 2.75) is 13.1 Å². The lowest BCUT2D eigenvalue weighted by Gasteiger charge is -2.09. The van der Waals surface area contributed by atoms with Crippen molar-refractivity contribution in [1.82, 2.24) is 5.16 Å². The molecule has 1 amide bonds. The van der Waals surface area contributed by atoms with E-state index in [4.69, 9.17) is 9.26 Å².